The first-order chi connectivity index (χ1) is 11.8. The van der Waals surface area contributed by atoms with Gasteiger partial charge in [-0.05, 0) is 48.9 Å². The van der Waals surface area contributed by atoms with Crippen LogP contribution in [0, 0.1) is 0 Å². The van der Waals surface area contributed by atoms with Crippen LogP contribution in [0.25, 0.3) is 0 Å². The Labute approximate surface area is 146 Å². The predicted octanol–water partition coefficient (Wildman–Crippen LogP) is 4.42. The van der Waals surface area contributed by atoms with Crippen LogP contribution in [0.4, 0.5) is 0 Å². The van der Waals surface area contributed by atoms with Crippen molar-refractivity contribution in [3.05, 3.63) is 77.4 Å². The van der Waals surface area contributed by atoms with Gasteiger partial charge < -0.3 is 4.74 Å². The van der Waals surface area contributed by atoms with Crippen LogP contribution in [-0.4, -0.2) is 14.7 Å². The highest BCUT2D eigenvalue weighted by atomic mass is 32.2. The summed E-state index contributed by atoms with van der Waals surface area (Å²) < 4.78 is 18.0. The number of hydrogen-bond donors (Lipinski definition) is 0. The highest BCUT2D eigenvalue weighted by Crippen LogP contribution is 2.35. The second kappa shape index (κ2) is 6.94. The molecule has 124 valence electrons. The van der Waals surface area contributed by atoms with Gasteiger partial charge in [0.1, 0.15) is 12.4 Å². The van der Waals surface area contributed by atoms with Gasteiger partial charge >= 0.3 is 0 Å². The van der Waals surface area contributed by atoms with Crippen molar-refractivity contribution in [3.8, 4) is 5.75 Å². The molecule has 3 atom stereocenters. The fourth-order valence-electron chi connectivity index (χ4n) is 3.67. The quantitative estimate of drug-likeness (QED) is 0.755. The number of ether oxygens (including phenoxy) is 1. The summed E-state index contributed by atoms with van der Waals surface area (Å²) in [5, 5.41) is 0.698. The molecule has 2 aromatic rings. The minimum atomic E-state index is -0.627. The van der Waals surface area contributed by atoms with Crippen LogP contribution in [0.2, 0.25) is 0 Å². The van der Waals surface area contributed by atoms with Crippen LogP contribution in [0.15, 0.2) is 66.2 Å². The number of hydrogen-bond acceptors (Lipinski definition) is 2. The zero-order valence-corrected chi connectivity index (χ0v) is 14.5. The summed E-state index contributed by atoms with van der Waals surface area (Å²) in [6.07, 6.45) is 6.45. The molecule has 1 fully saturated rings. The average Bonchev–Trinajstić information content (AvgIpc) is 2.83. The molecule has 4 rings (SSSR count). The molecule has 0 spiro atoms. The van der Waals surface area contributed by atoms with E-state index < -0.39 is 10.8 Å². The van der Waals surface area contributed by atoms with E-state index in [2.05, 4.69) is 36.4 Å². The standard InChI is InChI=1S/C21H22O2S/c22-24-20-9-10-21(24)14-18(13-20)11-17-7-4-8-19(12-17)23-15-16-5-2-1-3-6-16/h1-8,12-13,20-21H,9-11,14-15H2. The van der Waals surface area contributed by atoms with Crippen LogP contribution < -0.4 is 4.74 Å². The van der Waals surface area contributed by atoms with Gasteiger partial charge in [-0.15, -0.1) is 0 Å². The van der Waals surface area contributed by atoms with E-state index in [0.29, 0.717) is 17.1 Å². The molecule has 0 N–H and O–H groups in total. The molecule has 3 heteroatoms. The van der Waals surface area contributed by atoms with Gasteiger partial charge in [0, 0.05) is 16.0 Å². The SMILES string of the molecule is O=S1C2C=C(Cc3cccc(OCc4ccccc4)c3)CC1CC2. The van der Waals surface area contributed by atoms with Gasteiger partial charge in [-0.1, -0.05) is 54.1 Å². The second-order valence-electron chi connectivity index (χ2n) is 6.69. The van der Waals surface area contributed by atoms with Crippen LogP contribution in [0.5, 0.6) is 5.75 Å². The van der Waals surface area contributed by atoms with Crippen molar-refractivity contribution < 1.29 is 8.95 Å². The van der Waals surface area contributed by atoms with Crippen LogP contribution in [-0.2, 0) is 23.8 Å². The molecule has 2 nitrogen and oxygen atoms in total. The largest absolute Gasteiger partial charge is 0.489 e. The zero-order valence-electron chi connectivity index (χ0n) is 13.7. The summed E-state index contributed by atoms with van der Waals surface area (Å²) in [4.78, 5) is 0. The Morgan fingerprint density at radius 3 is 2.67 bits per heavy atom. The highest BCUT2D eigenvalue weighted by Gasteiger charge is 2.35. The molecule has 2 aliphatic rings. The second-order valence-corrected chi connectivity index (χ2v) is 8.62. The van der Waals surface area contributed by atoms with E-state index in [1.165, 1.54) is 16.7 Å². The summed E-state index contributed by atoms with van der Waals surface area (Å²) in [5.74, 6) is 0.916. The Hall–Kier alpha value is -1.87. The lowest BCUT2D eigenvalue weighted by atomic mass is 10.0. The lowest BCUT2D eigenvalue weighted by Crippen LogP contribution is -2.21. The third-order valence-electron chi connectivity index (χ3n) is 4.89. The van der Waals surface area contributed by atoms with Gasteiger partial charge in [-0.25, -0.2) is 0 Å². The van der Waals surface area contributed by atoms with Gasteiger partial charge in [-0.3, -0.25) is 4.21 Å². The maximum absolute atomic E-state index is 12.1. The molecule has 0 amide bonds. The Morgan fingerprint density at radius 2 is 1.83 bits per heavy atom. The molecule has 0 saturated carbocycles. The minimum absolute atomic E-state index is 0.302. The third-order valence-corrected chi connectivity index (χ3v) is 6.92. The van der Waals surface area contributed by atoms with Crippen molar-refractivity contribution >= 4 is 10.8 Å². The van der Waals surface area contributed by atoms with E-state index in [1.807, 2.05) is 24.3 Å². The smallest absolute Gasteiger partial charge is 0.120 e. The van der Waals surface area contributed by atoms with Crippen molar-refractivity contribution in [1.29, 1.82) is 0 Å². The number of allylic oxidation sites excluding steroid dienone is 1. The lowest BCUT2D eigenvalue weighted by molar-refractivity contribution is 0.306. The van der Waals surface area contributed by atoms with Crippen LogP contribution in [0.3, 0.4) is 0 Å². The first-order valence-electron chi connectivity index (χ1n) is 8.62. The fourth-order valence-corrected chi connectivity index (χ4v) is 5.60. The Morgan fingerprint density at radius 1 is 1.00 bits per heavy atom. The summed E-state index contributed by atoms with van der Waals surface area (Å²) in [6.45, 7) is 0.593. The Balaban J connectivity index is 1.42. The molecule has 0 radical (unpaired) electrons. The summed E-state index contributed by atoms with van der Waals surface area (Å²) in [7, 11) is -0.627. The lowest BCUT2D eigenvalue weighted by Gasteiger charge is -2.19. The molecule has 0 aliphatic carbocycles. The molecular formula is C21H22O2S. The normalized spacial score (nSPS) is 25.3. The first-order valence-corrected chi connectivity index (χ1v) is 9.90. The minimum Gasteiger partial charge on any atom is -0.489 e. The maximum Gasteiger partial charge on any atom is 0.120 e. The van der Waals surface area contributed by atoms with Gasteiger partial charge in [0.05, 0.1) is 5.25 Å². The van der Waals surface area contributed by atoms with Gasteiger partial charge in [-0.2, -0.15) is 0 Å². The van der Waals surface area contributed by atoms with Gasteiger partial charge in [0.2, 0.25) is 0 Å². The van der Waals surface area contributed by atoms with E-state index in [0.717, 1.165) is 31.4 Å². The Kier molecular flexibility index (Phi) is 4.52. The van der Waals surface area contributed by atoms with E-state index in [4.69, 9.17) is 4.74 Å². The summed E-state index contributed by atoms with van der Waals surface area (Å²) in [6, 6.07) is 18.6. The molecular weight excluding hydrogens is 316 g/mol. The summed E-state index contributed by atoms with van der Waals surface area (Å²) in [5.41, 5.74) is 3.90. The van der Waals surface area contributed by atoms with Crippen molar-refractivity contribution in [2.75, 3.05) is 0 Å². The Bertz CT molecular complexity index is 766. The summed E-state index contributed by atoms with van der Waals surface area (Å²) >= 11 is 0. The molecule has 2 bridgehead atoms. The van der Waals surface area contributed by atoms with E-state index in [9.17, 15) is 4.21 Å². The molecule has 2 aromatic carbocycles. The highest BCUT2D eigenvalue weighted by molar-refractivity contribution is 7.86. The van der Waals surface area contributed by atoms with E-state index in [-0.39, 0.29) is 0 Å². The third kappa shape index (κ3) is 3.46. The monoisotopic (exact) mass is 338 g/mol. The zero-order chi connectivity index (χ0) is 16.4. The molecule has 1 saturated heterocycles. The van der Waals surface area contributed by atoms with Gasteiger partial charge in [0.15, 0.2) is 0 Å². The fraction of sp³-hybridized carbons (Fsp3) is 0.333. The van der Waals surface area contributed by atoms with Crippen LogP contribution in [0.1, 0.15) is 30.4 Å². The number of fused-ring (bicyclic) bond motifs is 2. The molecule has 3 unspecified atom stereocenters. The maximum atomic E-state index is 12.1. The number of rotatable bonds is 5. The van der Waals surface area contributed by atoms with Gasteiger partial charge in [0.25, 0.3) is 0 Å². The topological polar surface area (TPSA) is 26.3 Å². The molecule has 24 heavy (non-hydrogen) atoms. The van der Waals surface area contributed by atoms with Crippen molar-refractivity contribution in [2.45, 2.75) is 42.8 Å². The first kappa shape index (κ1) is 15.6. The van der Waals surface area contributed by atoms with Crippen molar-refractivity contribution in [1.82, 2.24) is 0 Å². The molecule has 2 heterocycles. The molecule has 0 aromatic heterocycles. The van der Waals surface area contributed by atoms with E-state index in [1.54, 1.807) is 0 Å². The van der Waals surface area contributed by atoms with E-state index >= 15 is 0 Å². The van der Waals surface area contributed by atoms with Crippen molar-refractivity contribution in [3.63, 3.8) is 0 Å². The predicted molar refractivity (Wildman–Crippen MR) is 98.6 cm³/mol. The van der Waals surface area contributed by atoms with Crippen LogP contribution >= 0.6 is 0 Å². The van der Waals surface area contributed by atoms with Crippen molar-refractivity contribution in [2.24, 2.45) is 0 Å². The number of benzene rings is 2. The average molecular weight is 338 g/mol. The molecule has 2 aliphatic heterocycles.